The number of halogens is 2. The van der Waals surface area contributed by atoms with E-state index in [4.69, 9.17) is 4.52 Å². The van der Waals surface area contributed by atoms with Crippen LogP contribution < -0.4 is 10.2 Å². The molecule has 8 heteroatoms. The summed E-state index contributed by atoms with van der Waals surface area (Å²) in [5.74, 6) is -1.42. The minimum absolute atomic E-state index is 0.179. The van der Waals surface area contributed by atoms with E-state index >= 15 is 0 Å². The van der Waals surface area contributed by atoms with Gasteiger partial charge < -0.3 is 9.84 Å². The molecule has 5 rings (SSSR count). The molecule has 2 heterocycles. The molecule has 4 aromatic rings. The lowest BCUT2D eigenvalue weighted by Gasteiger charge is -2.35. The van der Waals surface area contributed by atoms with Crippen LogP contribution in [-0.4, -0.2) is 16.2 Å². The Morgan fingerprint density at radius 3 is 2.33 bits per heavy atom. The number of aromatic nitrogens is 2. The van der Waals surface area contributed by atoms with Gasteiger partial charge in [-0.1, -0.05) is 53.2 Å². The maximum absolute atomic E-state index is 14.1. The van der Waals surface area contributed by atoms with Crippen molar-refractivity contribution >= 4 is 17.3 Å². The van der Waals surface area contributed by atoms with Gasteiger partial charge in [0.15, 0.2) is 11.6 Å². The topological polar surface area (TPSA) is 71.3 Å². The van der Waals surface area contributed by atoms with Gasteiger partial charge in [0.1, 0.15) is 0 Å². The van der Waals surface area contributed by atoms with E-state index in [1.165, 1.54) is 11.0 Å². The van der Waals surface area contributed by atoms with Crippen LogP contribution in [0.2, 0.25) is 0 Å². The van der Waals surface area contributed by atoms with Gasteiger partial charge in [-0.15, -0.1) is 0 Å². The molecule has 1 N–H and O–H groups in total. The molecule has 0 saturated heterocycles. The first-order valence-electron chi connectivity index (χ1n) is 11.5. The van der Waals surface area contributed by atoms with Gasteiger partial charge >= 0.3 is 6.03 Å². The maximum Gasteiger partial charge on any atom is 0.327 e. The van der Waals surface area contributed by atoms with Gasteiger partial charge in [-0.25, -0.2) is 13.6 Å². The molecule has 6 nitrogen and oxygen atoms in total. The number of rotatable bonds is 4. The van der Waals surface area contributed by atoms with Crippen LogP contribution in [0.4, 0.5) is 19.3 Å². The molecule has 1 aromatic heterocycles. The Morgan fingerprint density at radius 2 is 1.64 bits per heavy atom. The molecular formula is C28H24F2N4O2. The van der Waals surface area contributed by atoms with Gasteiger partial charge in [-0.05, 0) is 56.5 Å². The molecule has 0 saturated carbocycles. The number of carbonyl (C=O) groups is 1. The highest BCUT2D eigenvalue weighted by Crippen LogP contribution is 2.39. The Bertz CT molecular complexity index is 1510. The zero-order valence-corrected chi connectivity index (χ0v) is 20.3. The predicted octanol–water partition coefficient (Wildman–Crippen LogP) is 6.64. The molecule has 182 valence electrons. The highest BCUT2D eigenvalue weighted by molar-refractivity contribution is 6.01. The zero-order valence-electron chi connectivity index (χ0n) is 20.3. The average molecular weight is 487 g/mol. The highest BCUT2D eigenvalue weighted by atomic mass is 19.2. The van der Waals surface area contributed by atoms with E-state index in [1.807, 2.05) is 63.2 Å². The number of allylic oxidation sites excluding steroid dienone is 1. The fourth-order valence-electron chi connectivity index (χ4n) is 4.30. The van der Waals surface area contributed by atoms with Crippen LogP contribution in [0.25, 0.3) is 17.0 Å². The predicted molar refractivity (Wildman–Crippen MR) is 133 cm³/mol. The molecule has 0 fully saturated rings. The van der Waals surface area contributed by atoms with Crippen molar-refractivity contribution in [1.82, 2.24) is 15.5 Å². The first-order valence-corrected chi connectivity index (χ1v) is 11.5. The zero-order chi connectivity index (χ0) is 25.6. The van der Waals surface area contributed by atoms with Crippen LogP contribution in [0.1, 0.15) is 41.1 Å². The third-order valence-electron chi connectivity index (χ3n) is 6.48. The van der Waals surface area contributed by atoms with E-state index in [2.05, 4.69) is 15.5 Å². The summed E-state index contributed by atoms with van der Waals surface area (Å²) in [6.45, 7) is 7.72. The van der Waals surface area contributed by atoms with Crippen molar-refractivity contribution in [2.45, 2.75) is 33.7 Å². The quantitative estimate of drug-likeness (QED) is 0.351. The summed E-state index contributed by atoms with van der Waals surface area (Å²) in [5.41, 5.74) is 6.11. The van der Waals surface area contributed by atoms with E-state index in [0.717, 1.165) is 39.9 Å². The SMILES string of the molecule is CC1=C(c2nc(-c3ccc(C)cc3)no2)C(c2ccc(C)c(C)c2)NC(=O)N1c1ccc(F)c(F)c1. The van der Waals surface area contributed by atoms with E-state index in [9.17, 15) is 13.6 Å². The number of anilines is 1. The summed E-state index contributed by atoms with van der Waals surface area (Å²) in [5, 5.41) is 7.15. The number of nitrogens with zero attached hydrogens (tertiary/aromatic N) is 3. The molecule has 0 bridgehead atoms. The minimum atomic E-state index is -1.05. The van der Waals surface area contributed by atoms with E-state index in [0.29, 0.717) is 17.1 Å². The van der Waals surface area contributed by atoms with E-state index in [1.54, 1.807) is 6.92 Å². The van der Waals surface area contributed by atoms with Crippen LogP contribution in [-0.2, 0) is 0 Å². The van der Waals surface area contributed by atoms with Crippen LogP contribution in [0, 0.1) is 32.4 Å². The summed E-state index contributed by atoms with van der Waals surface area (Å²) in [7, 11) is 0. The van der Waals surface area contributed by atoms with Crippen LogP contribution >= 0.6 is 0 Å². The molecule has 1 unspecified atom stereocenters. The third-order valence-corrected chi connectivity index (χ3v) is 6.48. The highest BCUT2D eigenvalue weighted by Gasteiger charge is 2.37. The number of nitrogens with one attached hydrogen (secondary N) is 1. The number of aryl methyl sites for hydroxylation is 3. The number of amides is 2. The Kier molecular flexibility index (Phi) is 5.88. The molecule has 0 aliphatic carbocycles. The molecular weight excluding hydrogens is 462 g/mol. The summed E-state index contributed by atoms with van der Waals surface area (Å²) in [6, 6.07) is 15.9. The molecule has 2 amide bonds. The van der Waals surface area contributed by atoms with Gasteiger partial charge in [-0.3, -0.25) is 4.90 Å². The number of carbonyl (C=O) groups excluding carboxylic acids is 1. The monoisotopic (exact) mass is 486 g/mol. The van der Waals surface area contributed by atoms with Crippen LogP contribution in [0.3, 0.4) is 0 Å². The molecule has 1 aliphatic heterocycles. The second-order valence-electron chi connectivity index (χ2n) is 8.95. The first-order chi connectivity index (χ1) is 17.2. The fraction of sp³-hybridized carbons (Fsp3) is 0.179. The summed E-state index contributed by atoms with van der Waals surface area (Å²) in [4.78, 5) is 19.2. The fourth-order valence-corrected chi connectivity index (χ4v) is 4.30. The van der Waals surface area contributed by atoms with Crippen molar-refractivity contribution in [1.29, 1.82) is 0 Å². The lowest BCUT2D eigenvalue weighted by Crippen LogP contribution is -2.46. The van der Waals surface area contributed by atoms with E-state index in [-0.39, 0.29) is 11.6 Å². The van der Waals surface area contributed by atoms with Crippen molar-refractivity contribution < 1.29 is 18.1 Å². The molecule has 1 aliphatic rings. The maximum atomic E-state index is 14.1. The summed E-state index contributed by atoms with van der Waals surface area (Å²) >= 11 is 0. The lowest BCUT2D eigenvalue weighted by atomic mass is 9.92. The third kappa shape index (κ3) is 4.15. The van der Waals surface area contributed by atoms with Gasteiger partial charge in [-0.2, -0.15) is 4.98 Å². The summed E-state index contributed by atoms with van der Waals surface area (Å²) < 4.78 is 33.4. The smallest absolute Gasteiger partial charge is 0.327 e. The van der Waals surface area contributed by atoms with Gasteiger partial charge in [0.25, 0.3) is 5.89 Å². The van der Waals surface area contributed by atoms with Crippen LogP contribution in [0.5, 0.6) is 0 Å². The molecule has 0 radical (unpaired) electrons. The number of urea groups is 1. The second kappa shape index (κ2) is 9.03. The molecule has 0 spiro atoms. The van der Waals surface area contributed by atoms with Crippen LogP contribution in [0.15, 0.2) is 70.9 Å². The molecule has 3 aromatic carbocycles. The molecule has 36 heavy (non-hydrogen) atoms. The number of hydrogen-bond donors (Lipinski definition) is 1. The number of hydrogen-bond acceptors (Lipinski definition) is 4. The van der Waals surface area contributed by atoms with Crippen molar-refractivity contribution in [3.05, 3.63) is 106 Å². The van der Waals surface area contributed by atoms with Gasteiger partial charge in [0.2, 0.25) is 5.82 Å². The van der Waals surface area contributed by atoms with Crippen molar-refractivity contribution in [3.63, 3.8) is 0 Å². The van der Waals surface area contributed by atoms with Crippen molar-refractivity contribution in [2.24, 2.45) is 0 Å². The largest absolute Gasteiger partial charge is 0.334 e. The van der Waals surface area contributed by atoms with Crippen molar-refractivity contribution in [2.75, 3.05) is 4.90 Å². The van der Waals surface area contributed by atoms with Gasteiger partial charge in [0, 0.05) is 17.3 Å². The second-order valence-corrected chi connectivity index (χ2v) is 8.95. The Hall–Kier alpha value is -4.33. The lowest BCUT2D eigenvalue weighted by molar-refractivity contribution is 0.244. The standard InChI is InChI=1S/C28H24F2N4O2/c1-15-5-8-19(9-6-15)26-32-27(36-33-26)24-18(4)34(21-11-12-22(29)23(30)14-21)28(35)31-25(24)20-10-7-16(2)17(3)13-20/h5-14,25H,1-4H3,(H,31,35). The van der Waals surface area contributed by atoms with E-state index < -0.39 is 23.7 Å². The van der Waals surface area contributed by atoms with Gasteiger partial charge in [0.05, 0.1) is 17.3 Å². The Balaban J connectivity index is 1.67. The van der Waals surface area contributed by atoms with Crippen molar-refractivity contribution in [3.8, 4) is 11.4 Å². The summed E-state index contributed by atoms with van der Waals surface area (Å²) in [6.07, 6.45) is 0. The average Bonchev–Trinajstić information content (AvgIpc) is 3.33. The number of benzene rings is 3. The molecule has 1 atom stereocenters. The first kappa shape index (κ1) is 23.4. The Morgan fingerprint density at radius 1 is 0.889 bits per heavy atom. The normalized spacial score (nSPS) is 15.9. The Labute approximate surface area is 207 Å². The minimum Gasteiger partial charge on any atom is -0.334 e.